The highest BCUT2D eigenvalue weighted by Gasteiger charge is 2.29. The Hall–Kier alpha value is -2.44. The van der Waals surface area contributed by atoms with Crippen molar-refractivity contribution in [3.63, 3.8) is 0 Å². The molecule has 2 aromatic rings. The van der Waals surface area contributed by atoms with Crippen molar-refractivity contribution in [3.05, 3.63) is 65.5 Å². The van der Waals surface area contributed by atoms with E-state index in [0.717, 1.165) is 50.4 Å². The van der Waals surface area contributed by atoms with Gasteiger partial charge in [-0.3, -0.25) is 4.79 Å². The molecule has 1 amide bonds. The minimum Gasteiger partial charge on any atom is -0.378 e. The van der Waals surface area contributed by atoms with Crippen LogP contribution in [0.25, 0.3) is 0 Å². The molecular weight excluding hydrogens is 359 g/mol. The van der Waals surface area contributed by atoms with E-state index in [-0.39, 0.29) is 23.9 Å². The van der Waals surface area contributed by atoms with Crippen LogP contribution < -0.4 is 10.2 Å². The maximum Gasteiger partial charge on any atom is 0.251 e. The third-order valence-electron chi connectivity index (χ3n) is 5.36. The van der Waals surface area contributed by atoms with Crippen molar-refractivity contribution >= 4 is 11.6 Å². The summed E-state index contributed by atoms with van der Waals surface area (Å²) in [4.78, 5) is 15.1. The van der Waals surface area contributed by atoms with Crippen molar-refractivity contribution in [2.24, 2.45) is 0 Å². The van der Waals surface area contributed by atoms with Gasteiger partial charge in [0.2, 0.25) is 0 Å². The molecule has 4 rings (SSSR count). The number of nitrogens with one attached hydrogen (secondary N) is 1. The zero-order valence-corrected chi connectivity index (χ0v) is 15.8. The first-order chi connectivity index (χ1) is 13.7. The Kier molecular flexibility index (Phi) is 5.88. The van der Waals surface area contributed by atoms with Crippen LogP contribution in [0.1, 0.15) is 34.8 Å². The molecule has 6 heteroatoms. The molecule has 0 aliphatic carbocycles. The molecule has 0 unspecified atom stereocenters. The van der Waals surface area contributed by atoms with Gasteiger partial charge in [-0.05, 0) is 54.8 Å². The second-order valence-electron chi connectivity index (χ2n) is 7.20. The van der Waals surface area contributed by atoms with Crippen LogP contribution >= 0.6 is 0 Å². The number of benzene rings is 2. The number of hydrogen-bond donors (Lipinski definition) is 1. The zero-order valence-electron chi connectivity index (χ0n) is 15.8. The molecule has 0 spiro atoms. The molecule has 28 heavy (non-hydrogen) atoms. The van der Waals surface area contributed by atoms with Crippen molar-refractivity contribution in [3.8, 4) is 0 Å². The quantitative estimate of drug-likeness (QED) is 0.859. The van der Waals surface area contributed by atoms with E-state index >= 15 is 0 Å². The number of carbonyl (C=O) groups excluding carboxylic acids is 1. The Morgan fingerprint density at radius 3 is 2.39 bits per heavy atom. The number of carbonyl (C=O) groups is 1. The first-order valence-corrected chi connectivity index (χ1v) is 9.81. The molecule has 2 aromatic carbocycles. The van der Waals surface area contributed by atoms with Crippen LogP contribution in [-0.4, -0.2) is 44.9 Å². The average molecular weight is 384 g/mol. The molecule has 2 heterocycles. The summed E-state index contributed by atoms with van der Waals surface area (Å²) < 4.78 is 24.5. The molecule has 2 saturated heterocycles. The minimum absolute atomic E-state index is 0.0953. The SMILES string of the molecule is O=C(N[C@H](c1ccc(F)cc1)[C@@H]1CCCO1)c1ccc(N2CCOCC2)cc1. The number of halogens is 1. The van der Waals surface area contributed by atoms with E-state index in [1.807, 2.05) is 24.3 Å². The molecule has 0 bridgehead atoms. The summed E-state index contributed by atoms with van der Waals surface area (Å²) in [5, 5.41) is 3.09. The Labute approximate surface area is 164 Å². The Balaban J connectivity index is 1.48. The molecule has 0 radical (unpaired) electrons. The molecule has 2 atom stereocenters. The van der Waals surface area contributed by atoms with Gasteiger partial charge in [0.15, 0.2) is 0 Å². The van der Waals surface area contributed by atoms with Crippen molar-refractivity contribution in [1.82, 2.24) is 5.32 Å². The van der Waals surface area contributed by atoms with E-state index in [9.17, 15) is 9.18 Å². The van der Waals surface area contributed by atoms with Crippen LogP contribution in [0.3, 0.4) is 0 Å². The lowest BCUT2D eigenvalue weighted by Crippen LogP contribution is -2.37. The average Bonchev–Trinajstić information content (AvgIpc) is 3.28. The van der Waals surface area contributed by atoms with E-state index in [4.69, 9.17) is 9.47 Å². The first kappa shape index (κ1) is 18.9. The molecule has 2 fully saturated rings. The molecule has 0 saturated carbocycles. The van der Waals surface area contributed by atoms with Crippen molar-refractivity contribution in [2.75, 3.05) is 37.8 Å². The summed E-state index contributed by atoms with van der Waals surface area (Å²) >= 11 is 0. The third kappa shape index (κ3) is 4.34. The number of ether oxygens (including phenoxy) is 2. The normalized spacial score (nSPS) is 20.8. The fourth-order valence-corrected chi connectivity index (χ4v) is 3.80. The third-order valence-corrected chi connectivity index (χ3v) is 5.36. The van der Waals surface area contributed by atoms with Crippen LogP contribution in [0, 0.1) is 5.82 Å². The smallest absolute Gasteiger partial charge is 0.251 e. The van der Waals surface area contributed by atoms with E-state index in [2.05, 4.69) is 10.2 Å². The second-order valence-corrected chi connectivity index (χ2v) is 7.20. The zero-order chi connectivity index (χ0) is 19.3. The van der Waals surface area contributed by atoms with E-state index in [0.29, 0.717) is 12.2 Å². The molecule has 2 aliphatic heterocycles. The van der Waals surface area contributed by atoms with Gasteiger partial charge in [0.1, 0.15) is 5.82 Å². The van der Waals surface area contributed by atoms with Crippen molar-refractivity contribution in [2.45, 2.75) is 25.0 Å². The predicted octanol–water partition coefficient (Wildman–Crippen LogP) is 3.31. The summed E-state index contributed by atoms with van der Waals surface area (Å²) in [6, 6.07) is 13.6. The Morgan fingerprint density at radius 2 is 1.75 bits per heavy atom. The summed E-state index contributed by atoms with van der Waals surface area (Å²) in [7, 11) is 0. The molecular formula is C22H25FN2O3. The fourth-order valence-electron chi connectivity index (χ4n) is 3.80. The van der Waals surface area contributed by atoms with Gasteiger partial charge in [0.25, 0.3) is 5.91 Å². The van der Waals surface area contributed by atoms with Crippen LogP contribution in [0.15, 0.2) is 48.5 Å². The Morgan fingerprint density at radius 1 is 1.04 bits per heavy atom. The summed E-state index contributed by atoms with van der Waals surface area (Å²) in [5.41, 5.74) is 2.54. The standard InChI is InChI=1S/C22H25FN2O3/c23-18-7-3-16(4-8-18)21(20-2-1-13-28-20)24-22(26)17-5-9-19(10-6-17)25-11-14-27-15-12-25/h3-10,20-21H,1-2,11-15H2,(H,24,26)/t20-,21+/m0/s1. The van der Waals surface area contributed by atoms with Gasteiger partial charge in [-0.15, -0.1) is 0 Å². The Bertz CT molecular complexity index is 782. The van der Waals surface area contributed by atoms with Gasteiger partial charge < -0.3 is 19.7 Å². The topological polar surface area (TPSA) is 50.8 Å². The second kappa shape index (κ2) is 8.71. The van der Waals surface area contributed by atoms with Gasteiger partial charge >= 0.3 is 0 Å². The summed E-state index contributed by atoms with van der Waals surface area (Å²) in [6.07, 6.45) is 1.74. The molecule has 148 valence electrons. The highest BCUT2D eigenvalue weighted by molar-refractivity contribution is 5.94. The largest absolute Gasteiger partial charge is 0.378 e. The molecule has 0 aromatic heterocycles. The lowest BCUT2D eigenvalue weighted by atomic mass is 9.98. The lowest BCUT2D eigenvalue weighted by Gasteiger charge is -2.29. The van der Waals surface area contributed by atoms with Crippen molar-refractivity contribution < 1.29 is 18.7 Å². The van der Waals surface area contributed by atoms with Gasteiger partial charge in [0.05, 0.1) is 25.4 Å². The summed E-state index contributed by atoms with van der Waals surface area (Å²) in [5.74, 6) is -0.446. The van der Waals surface area contributed by atoms with Gasteiger partial charge in [0, 0.05) is 30.9 Å². The van der Waals surface area contributed by atoms with Crippen LogP contribution in [0.5, 0.6) is 0 Å². The number of amides is 1. The summed E-state index contributed by atoms with van der Waals surface area (Å²) in [6.45, 7) is 3.85. The highest BCUT2D eigenvalue weighted by atomic mass is 19.1. The van der Waals surface area contributed by atoms with E-state index in [1.165, 1.54) is 12.1 Å². The molecule has 2 aliphatic rings. The number of morpholine rings is 1. The highest BCUT2D eigenvalue weighted by Crippen LogP contribution is 2.28. The van der Waals surface area contributed by atoms with E-state index in [1.54, 1.807) is 12.1 Å². The number of rotatable bonds is 5. The lowest BCUT2D eigenvalue weighted by molar-refractivity contribution is 0.0672. The number of anilines is 1. The minimum atomic E-state index is -0.297. The predicted molar refractivity (Wildman–Crippen MR) is 105 cm³/mol. The maximum absolute atomic E-state index is 13.3. The van der Waals surface area contributed by atoms with Gasteiger partial charge in [-0.1, -0.05) is 12.1 Å². The van der Waals surface area contributed by atoms with Crippen LogP contribution in [0.4, 0.5) is 10.1 Å². The van der Waals surface area contributed by atoms with Crippen LogP contribution in [-0.2, 0) is 9.47 Å². The molecule has 1 N–H and O–H groups in total. The molecule has 5 nitrogen and oxygen atoms in total. The van der Waals surface area contributed by atoms with Crippen LogP contribution in [0.2, 0.25) is 0 Å². The maximum atomic E-state index is 13.3. The monoisotopic (exact) mass is 384 g/mol. The van der Waals surface area contributed by atoms with Gasteiger partial charge in [-0.25, -0.2) is 4.39 Å². The van der Waals surface area contributed by atoms with Gasteiger partial charge in [-0.2, -0.15) is 0 Å². The van der Waals surface area contributed by atoms with E-state index < -0.39 is 0 Å². The number of nitrogens with zero attached hydrogens (tertiary/aromatic N) is 1. The number of hydrogen-bond acceptors (Lipinski definition) is 4. The fraction of sp³-hybridized carbons (Fsp3) is 0.409. The van der Waals surface area contributed by atoms with Crippen molar-refractivity contribution in [1.29, 1.82) is 0 Å². The first-order valence-electron chi connectivity index (χ1n) is 9.81.